The van der Waals surface area contributed by atoms with Crippen LogP contribution in [0.4, 0.5) is 0 Å². The van der Waals surface area contributed by atoms with Crippen LogP contribution in [0.25, 0.3) is 0 Å². The Labute approximate surface area is 437 Å². The molecule has 2 saturated heterocycles. The molecule has 20 nitrogen and oxygen atoms in total. The molecule has 3 aliphatic heterocycles. The van der Waals surface area contributed by atoms with Crippen LogP contribution in [0.1, 0.15) is 131 Å². The fourth-order valence-corrected chi connectivity index (χ4v) is 8.67. The molecule has 14 N–H and O–H groups in total. The van der Waals surface area contributed by atoms with E-state index in [1.54, 1.807) is 51.2 Å². The first-order chi connectivity index (χ1) is 35.0. The summed E-state index contributed by atoms with van der Waals surface area (Å²) in [5, 5.41) is 126. The van der Waals surface area contributed by atoms with Crippen LogP contribution >= 0.6 is 0 Å². The van der Waals surface area contributed by atoms with Crippen molar-refractivity contribution in [1.82, 2.24) is 0 Å². The van der Waals surface area contributed by atoms with E-state index in [0.717, 1.165) is 12.8 Å². The summed E-state index contributed by atoms with van der Waals surface area (Å²) in [6.45, 7) is 10.8. The summed E-state index contributed by atoms with van der Waals surface area (Å²) >= 11 is 0. The quantitative estimate of drug-likeness (QED) is 0.139. The largest absolute Gasteiger partial charge is 0.481 e. The molecule has 3 heterocycles. The lowest BCUT2D eigenvalue weighted by molar-refractivity contribution is -0.276. The molecule has 0 aromatic rings. The first kappa shape index (κ1) is 66.9. The van der Waals surface area contributed by atoms with Crippen LogP contribution in [-0.2, 0) is 33.3 Å². The fraction of sp³-hybridized carbons (Fsp3) is 0.741. The number of carbonyl (C=O) groups excluding carboxylic acids is 1. The van der Waals surface area contributed by atoms with Gasteiger partial charge in [-0.15, -0.1) is 0 Å². The molecule has 0 saturated carbocycles. The highest BCUT2D eigenvalue weighted by atomic mass is 16.7. The van der Waals surface area contributed by atoms with Crippen molar-refractivity contribution in [3.8, 4) is 0 Å². The van der Waals surface area contributed by atoms with E-state index in [0.29, 0.717) is 0 Å². The van der Waals surface area contributed by atoms with Gasteiger partial charge in [-0.25, -0.2) is 0 Å². The van der Waals surface area contributed by atoms with Crippen LogP contribution < -0.4 is 5.73 Å². The predicted octanol–water partition coefficient (Wildman–Crippen LogP) is 2.61. The van der Waals surface area contributed by atoms with Gasteiger partial charge < -0.3 is 90.7 Å². The third kappa shape index (κ3) is 25.7. The van der Waals surface area contributed by atoms with Gasteiger partial charge in [-0.3, -0.25) is 9.59 Å². The zero-order chi connectivity index (χ0) is 55.5. The Morgan fingerprint density at radius 1 is 0.635 bits per heavy atom. The number of ether oxygens (including phenoxy) is 5. The van der Waals surface area contributed by atoms with Crippen LogP contribution in [0.15, 0.2) is 72.9 Å². The van der Waals surface area contributed by atoms with Crippen molar-refractivity contribution in [3.05, 3.63) is 72.9 Å². The summed E-state index contributed by atoms with van der Waals surface area (Å²) in [5.41, 5.74) is 6.01. The van der Waals surface area contributed by atoms with E-state index in [9.17, 15) is 70.9 Å². The van der Waals surface area contributed by atoms with Crippen LogP contribution in [0, 0.1) is 11.8 Å². The van der Waals surface area contributed by atoms with Crippen molar-refractivity contribution in [3.63, 3.8) is 0 Å². The van der Waals surface area contributed by atoms with Gasteiger partial charge in [-0.1, -0.05) is 93.7 Å². The maximum absolute atomic E-state index is 12.9. The molecule has 2 fully saturated rings. The van der Waals surface area contributed by atoms with Gasteiger partial charge in [0, 0.05) is 31.6 Å². The van der Waals surface area contributed by atoms with E-state index >= 15 is 0 Å². The van der Waals surface area contributed by atoms with Crippen LogP contribution in [-0.4, -0.2) is 183 Å². The number of hydrogen-bond donors (Lipinski definition) is 13. The molecule has 14 unspecified atom stereocenters. The van der Waals surface area contributed by atoms with Crippen molar-refractivity contribution in [2.75, 3.05) is 0 Å². The maximum atomic E-state index is 12.9. The molecule has 426 valence electrons. The average Bonchev–Trinajstić information content (AvgIpc) is 3.32. The summed E-state index contributed by atoms with van der Waals surface area (Å²) in [4.78, 5) is 25.2. The second-order valence-electron chi connectivity index (χ2n) is 19.7. The number of carbonyl (C=O) groups is 2. The standard InChI is InChI=1S/C52H85NO19.C2H6/c1-31-17-15-13-11-9-7-5-6-8-10-12-14-16-18-39(71-51-49(63)46(53)48(62)34(4)70-51)21-19-35(50(64)65)23-24-52(66,67)30-42(59)40(57)22-20-36(54)26-37(55)27-38(56)28-44(60)68-32(2)25-43(31)72-45-29-41(58)47(61)33(3)69-45;1-2/h5-6,8,10-18,31-43,45-49,51,54-59,61-63,66-67H,7,9,19-30,53H2,1-4H3,(H,64,65);1-2H3/b6-5+,10-8+,13-11+,14-12+,17-15+,18-16+;/t31-,32-,33-,34?,35?,36?,37?,38?,39?,40?,41?,42?,43?,45?,46?,47?,48+,49?,51+;/m0./s1. The highest BCUT2D eigenvalue weighted by molar-refractivity contribution is 5.70. The summed E-state index contributed by atoms with van der Waals surface area (Å²) in [5.74, 6) is -5.91. The van der Waals surface area contributed by atoms with Crippen LogP contribution in [0.2, 0.25) is 0 Å². The normalized spacial score (nSPS) is 41.5. The second kappa shape index (κ2) is 35.2. The van der Waals surface area contributed by atoms with Gasteiger partial charge in [0.1, 0.15) is 18.3 Å². The topological polar surface area (TPSA) is 349 Å². The molecule has 3 aliphatic rings. The molecular formula is C54H91NO19. The van der Waals surface area contributed by atoms with Crippen molar-refractivity contribution < 1.29 is 94.6 Å². The third-order valence-corrected chi connectivity index (χ3v) is 13.2. The third-order valence-electron chi connectivity index (χ3n) is 13.2. The molecule has 0 aromatic carbocycles. The Balaban J connectivity index is 0.00000925. The maximum Gasteiger partial charge on any atom is 0.308 e. The number of aliphatic hydroxyl groups is 11. The molecule has 74 heavy (non-hydrogen) atoms. The molecule has 0 aliphatic carbocycles. The highest BCUT2D eigenvalue weighted by Gasteiger charge is 2.42. The number of nitrogens with two attached hydrogens (primary N) is 1. The average molecular weight is 1060 g/mol. The first-order valence-corrected chi connectivity index (χ1v) is 26.3. The smallest absolute Gasteiger partial charge is 0.308 e. The minimum Gasteiger partial charge on any atom is -0.481 e. The molecule has 0 amide bonds. The number of aliphatic carboxylic acids is 1. The Morgan fingerprint density at radius 3 is 1.88 bits per heavy atom. The monoisotopic (exact) mass is 1060 g/mol. The van der Waals surface area contributed by atoms with Crippen molar-refractivity contribution in [1.29, 1.82) is 0 Å². The van der Waals surface area contributed by atoms with Crippen molar-refractivity contribution in [2.24, 2.45) is 17.6 Å². The lowest BCUT2D eigenvalue weighted by atomic mass is 9.90. The van der Waals surface area contributed by atoms with E-state index in [1.807, 2.05) is 63.3 Å². The Bertz CT molecular complexity index is 1740. The zero-order valence-corrected chi connectivity index (χ0v) is 44.1. The molecule has 0 radical (unpaired) electrons. The minimum atomic E-state index is -2.59. The van der Waals surface area contributed by atoms with Gasteiger partial charge >= 0.3 is 11.9 Å². The van der Waals surface area contributed by atoms with Crippen molar-refractivity contribution >= 4 is 11.9 Å². The Kier molecular flexibility index (Phi) is 31.8. The number of carboxylic acid groups (broad SMARTS) is 1. The van der Waals surface area contributed by atoms with E-state index in [-0.39, 0.29) is 63.7 Å². The second-order valence-corrected chi connectivity index (χ2v) is 19.7. The van der Waals surface area contributed by atoms with Crippen LogP contribution in [0.3, 0.4) is 0 Å². The lowest BCUT2D eigenvalue weighted by Crippen LogP contribution is -2.61. The summed E-state index contributed by atoms with van der Waals surface area (Å²) in [6, 6.07) is -1.07. The van der Waals surface area contributed by atoms with Gasteiger partial charge in [0.05, 0.1) is 85.5 Å². The molecule has 0 bridgehead atoms. The summed E-state index contributed by atoms with van der Waals surface area (Å²) < 4.78 is 29.5. The van der Waals surface area contributed by atoms with Gasteiger partial charge in [0.2, 0.25) is 0 Å². The number of aliphatic hydroxyl groups excluding tert-OH is 9. The number of rotatable bonds is 5. The number of carboxylic acids is 1. The molecule has 20 heteroatoms. The number of allylic oxidation sites excluding steroid dienone is 10. The minimum absolute atomic E-state index is 0.0216. The summed E-state index contributed by atoms with van der Waals surface area (Å²) in [6.07, 6.45) is 3.62. The van der Waals surface area contributed by atoms with Gasteiger partial charge in [-0.2, -0.15) is 0 Å². The predicted molar refractivity (Wildman–Crippen MR) is 274 cm³/mol. The van der Waals surface area contributed by atoms with Gasteiger partial charge in [0.25, 0.3) is 0 Å². The fourth-order valence-electron chi connectivity index (χ4n) is 8.67. The number of cyclic esters (lactones) is 1. The first-order valence-electron chi connectivity index (χ1n) is 26.3. The molecule has 0 spiro atoms. The SMILES string of the molecule is CC.CC1O[C@H](OC2/C=C/C=C/C=C/C=C/CC/C=C/C=C/[C@H](C)C(OC3CC(O)C(O)[C@H](C)O3)C[C@H](C)OC(=O)CC(O)CC(O)CC(O)CCC(O)C(O)CC(O)(O)CCC(C(=O)O)CC2)C(O)C(N)[C@@H]1O. The van der Waals surface area contributed by atoms with Crippen molar-refractivity contribution in [2.45, 2.75) is 241 Å². The Morgan fingerprint density at radius 2 is 1.23 bits per heavy atom. The highest BCUT2D eigenvalue weighted by Crippen LogP contribution is 2.29. The zero-order valence-electron chi connectivity index (χ0n) is 44.1. The van der Waals surface area contributed by atoms with Gasteiger partial charge in [0.15, 0.2) is 18.4 Å². The number of hydrogen-bond acceptors (Lipinski definition) is 19. The molecular weight excluding hydrogens is 967 g/mol. The molecule has 3 rings (SSSR count). The molecule has 0 aromatic heterocycles. The number of esters is 1. The van der Waals surface area contributed by atoms with E-state index < -0.39 is 147 Å². The molecule has 19 atom stereocenters. The van der Waals surface area contributed by atoms with Crippen LogP contribution in [0.5, 0.6) is 0 Å². The van der Waals surface area contributed by atoms with E-state index in [2.05, 4.69) is 0 Å². The van der Waals surface area contributed by atoms with Gasteiger partial charge in [-0.05, 0) is 78.6 Å². The van der Waals surface area contributed by atoms with E-state index in [1.165, 1.54) is 0 Å². The Hall–Kier alpha value is -3.26. The van der Waals surface area contributed by atoms with E-state index in [4.69, 9.17) is 29.4 Å². The lowest BCUT2D eigenvalue weighted by Gasteiger charge is -2.40. The summed E-state index contributed by atoms with van der Waals surface area (Å²) in [7, 11) is 0.